The summed E-state index contributed by atoms with van der Waals surface area (Å²) in [6.07, 6.45) is 4.86. The first-order valence-electron chi connectivity index (χ1n) is 9.79. The minimum absolute atomic E-state index is 0. The first-order chi connectivity index (χ1) is 13.1. The second kappa shape index (κ2) is 13.4. The lowest BCUT2D eigenvalue weighted by molar-refractivity contribution is -0.130. The molecule has 1 saturated heterocycles. The van der Waals surface area contributed by atoms with Crippen LogP contribution < -0.4 is 16.4 Å². The third kappa shape index (κ3) is 8.45. The van der Waals surface area contributed by atoms with Crippen molar-refractivity contribution in [2.75, 3.05) is 26.2 Å². The SMILES string of the molecule is CCNC(=NCc1ccc(C(N)=O)cc1)NCCCN1CCCCCC1=O.I. The number of rotatable bonds is 8. The Morgan fingerprint density at radius 3 is 2.61 bits per heavy atom. The van der Waals surface area contributed by atoms with Gasteiger partial charge in [-0.2, -0.15) is 0 Å². The Labute approximate surface area is 184 Å². The summed E-state index contributed by atoms with van der Waals surface area (Å²) < 4.78 is 0. The lowest BCUT2D eigenvalue weighted by atomic mass is 10.1. The van der Waals surface area contributed by atoms with Gasteiger partial charge in [0, 0.05) is 38.2 Å². The molecule has 1 aliphatic rings. The van der Waals surface area contributed by atoms with Gasteiger partial charge in [0.25, 0.3) is 0 Å². The third-order valence-corrected chi connectivity index (χ3v) is 4.57. The van der Waals surface area contributed by atoms with Crippen molar-refractivity contribution in [2.24, 2.45) is 10.7 Å². The molecule has 28 heavy (non-hydrogen) atoms. The highest BCUT2D eigenvalue weighted by molar-refractivity contribution is 14.0. The van der Waals surface area contributed by atoms with Gasteiger partial charge in [0.1, 0.15) is 0 Å². The molecule has 8 heteroatoms. The molecule has 1 heterocycles. The zero-order chi connectivity index (χ0) is 19.5. The number of hydrogen-bond acceptors (Lipinski definition) is 3. The maximum Gasteiger partial charge on any atom is 0.248 e. The first kappa shape index (κ1) is 24.2. The van der Waals surface area contributed by atoms with Crippen LogP contribution in [0.2, 0.25) is 0 Å². The van der Waals surface area contributed by atoms with E-state index in [9.17, 15) is 9.59 Å². The molecule has 1 aliphatic heterocycles. The van der Waals surface area contributed by atoms with Crippen molar-refractivity contribution in [3.05, 3.63) is 35.4 Å². The molecule has 0 spiro atoms. The van der Waals surface area contributed by atoms with Crippen LogP contribution in [0.1, 0.15) is 54.9 Å². The molecule has 4 N–H and O–H groups in total. The Kier molecular flexibility index (Phi) is 11.5. The average Bonchev–Trinajstić information content (AvgIpc) is 2.87. The summed E-state index contributed by atoms with van der Waals surface area (Å²) in [5, 5.41) is 6.54. The molecular weight excluding hydrogens is 469 g/mol. The number of amides is 2. The van der Waals surface area contributed by atoms with Gasteiger partial charge in [-0.1, -0.05) is 18.6 Å². The lowest BCUT2D eigenvalue weighted by Gasteiger charge is -2.20. The highest BCUT2D eigenvalue weighted by atomic mass is 127. The van der Waals surface area contributed by atoms with E-state index in [1.54, 1.807) is 12.1 Å². The smallest absolute Gasteiger partial charge is 0.248 e. The second-order valence-corrected chi connectivity index (χ2v) is 6.73. The van der Waals surface area contributed by atoms with Gasteiger partial charge in [-0.3, -0.25) is 9.59 Å². The number of carbonyl (C=O) groups is 2. The molecule has 2 amide bonds. The second-order valence-electron chi connectivity index (χ2n) is 6.73. The zero-order valence-corrected chi connectivity index (χ0v) is 18.9. The van der Waals surface area contributed by atoms with E-state index in [1.165, 1.54) is 0 Å². The van der Waals surface area contributed by atoms with Crippen molar-refractivity contribution in [3.8, 4) is 0 Å². The van der Waals surface area contributed by atoms with E-state index in [0.717, 1.165) is 63.4 Å². The number of nitrogens with zero attached hydrogens (tertiary/aromatic N) is 2. The molecule has 0 saturated carbocycles. The minimum Gasteiger partial charge on any atom is -0.366 e. The lowest BCUT2D eigenvalue weighted by Crippen LogP contribution is -2.39. The van der Waals surface area contributed by atoms with Gasteiger partial charge in [-0.05, 0) is 43.9 Å². The molecule has 156 valence electrons. The summed E-state index contributed by atoms with van der Waals surface area (Å²) in [7, 11) is 0. The van der Waals surface area contributed by atoms with Gasteiger partial charge in [-0.25, -0.2) is 4.99 Å². The molecule has 1 fully saturated rings. The van der Waals surface area contributed by atoms with Crippen molar-refractivity contribution in [1.29, 1.82) is 0 Å². The third-order valence-electron chi connectivity index (χ3n) is 4.57. The number of carbonyl (C=O) groups excluding carboxylic acids is 2. The largest absolute Gasteiger partial charge is 0.366 e. The molecule has 0 atom stereocenters. The Hall–Kier alpha value is -1.84. The van der Waals surface area contributed by atoms with E-state index >= 15 is 0 Å². The number of halogens is 1. The monoisotopic (exact) mass is 501 g/mol. The Bertz CT molecular complexity index is 649. The summed E-state index contributed by atoms with van der Waals surface area (Å²) in [6, 6.07) is 7.15. The highest BCUT2D eigenvalue weighted by Gasteiger charge is 2.15. The van der Waals surface area contributed by atoms with Gasteiger partial charge in [0.05, 0.1) is 6.54 Å². The van der Waals surface area contributed by atoms with Gasteiger partial charge < -0.3 is 21.3 Å². The summed E-state index contributed by atoms with van der Waals surface area (Å²) in [5.74, 6) is 0.606. The molecule has 1 aromatic rings. The average molecular weight is 501 g/mol. The van der Waals surface area contributed by atoms with Gasteiger partial charge in [0.2, 0.25) is 11.8 Å². The Morgan fingerprint density at radius 2 is 1.93 bits per heavy atom. The predicted molar refractivity (Wildman–Crippen MR) is 123 cm³/mol. The molecule has 0 aliphatic carbocycles. The van der Waals surface area contributed by atoms with Crippen LogP contribution in [-0.4, -0.2) is 48.9 Å². The van der Waals surface area contributed by atoms with E-state index in [4.69, 9.17) is 5.73 Å². The fourth-order valence-corrected chi connectivity index (χ4v) is 3.04. The van der Waals surface area contributed by atoms with Crippen LogP contribution in [0.25, 0.3) is 0 Å². The standard InChI is InChI=1S/C20H31N5O2.HI/c1-2-22-20(24-15-16-8-10-17(11-9-16)19(21)27)23-12-6-14-25-13-5-3-4-7-18(25)26;/h8-11H,2-7,12-15H2,1H3,(H2,21,27)(H2,22,23,24);1H. The summed E-state index contributed by atoms with van der Waals surface area (Å²) in [5.41, 5.74) is 6.76. The molecule has 0 unspecified atom stereocenters. The molecule has 1 aromatic carbocycles. The van der Waals surface area contributed by atoms with Crippen molar-refractivity contribution in [1.82, 2.24) is 15.5 Å². The fourth-order valence-electron chi connectivity index (χ4n) is 3.04. The number of nitrogens with two attached hydrogens (primary N) is 1. The maximum absolute atomic E-state index is 12.0. The number of nitrogens with one attached hydrogen (secondary N) is 2. The summed E-state index contributed by atoms with van der Waals surface area (Å²) in [4.78, 5) is 29.7. The van der Waals surface area contributed by atoms with Crippen molar-refractivity contribution in [3.63, 3.8) is 0 Å². The summed E-state index contributed by atoms with van der Waals surface area (Å²) in [6.45, 7) is 5.75. The van der Waals surface area contributed by atoms with Crippen LogP contribution in [0, 0.1) is 0 Å². The number of aliphatic imine (C=N–C) groups is 1. The van der Waals surface area contributed by atoms with Gasteiger partial charge in [-0.15, -0.1) is 24.0 Å². The molecule has 7 nitrogen and oxygen atoms in total. The molecule has 0 radical (unpaired) electrons. The van der Waals surface area contributed by atoms with Crippen LogP contribution in [0.4, 0.5) is 0 Å². The molecule has 2 rings (SSSR count). The van der Waals surface area contributed by atoms with Crippen molar-refractivity contribution in [2.45, 2.75) is 45.6 Å². The highest BCUT2D eigenvalue weighted by Crippen LogP contribution is 2.11. The summed E-state index contributed by atoms with van der Waals surface area (Å²) >= 11 is 0. The van der Waals surface area contributed by atoms with Crippen LogP contribution in [0.5, 0.6) is 0 Å². The van der Waals surface area contributed by atoms with Gasteiger partial charge in [0.15, 0.2) is 5.96 Å². The Balaban J connectivity index is 0.00000392. The van der Waals surface area contributed by atoms with Crippen molar-refractivity contribution < 1.29 is 9.59 Å². The van der Waals surface area contributed by atoms with E-state index < -0.39 is 5.91 Å². The topological polar surface area (TPSA) is 99.8 Å². The Morgan fingerprint density at radius 1 is 1.18 bits per heavy atom. The molecular formula is C20H32IN5O2. The van der Waals surface area contributed by atoms with Crippen LogP contribution in [-0.2, 0) is 11.3 Å². The predicted octanol–water partition coefficient (Wildman–Crippen LogP) is 2.25. The number of primary amides is 1. The zero-order valence-electron chi connectivity index (χ0n) is 16.6. The van der Waals surface area contributed by atoms with Crippen LogP contribution in [0.15, 0.2) is 29.3 Å². The fraction of sp³-hybridized carbons (Fsp3) is 0.550. The first-order valence-corrected chi connectivity index (χ1v) is 9.79. The van der Waals surface area contributed by atoms with E-state index in [1.807, 2.05) is 24.0 Å². The maximum atomic E-state index is 12.0. The normalized spacial score (nSPS) is 14.8. The van der Waals surface area contributed by atoms with Crippen LogP contribution >= 0.6 is 24.0 Å². The van der Waals surface area contributed by atoms with Gasteiger partial charge >= 0.3 is 0 Å². The van der Waals surface area contributed by atoms with Crippen molar-refractivity contribution >= 4 is 41.8 Å². The molecule has 0 aromatic heterocycles. The van der Waals surface area contributed by atoms with E-state index in [0.29, 0.717) is 18.5 Å². The number of hydrogen-bond donors (Lipinski definition) is 3. The van der Waals surface area contributed by atoms with E-state index in [-0.39, 0.29) is 29.9 Å². The van der Waals surface area contributed by atoms with E-state index in [2.05, 4.69) is 15.6 Å². The quantitative estimate of drug-likeness (QED) is 0.220. The number of benzene rings is 1. The number of likely N-dealkylation sites (tertiary alicyclic amines) is 1. The number of guanidine groups is 1. The minimum atomic E-state index is -0.428. The molecule has 0 bridgehead atoms. The van der Waals surface area contributed by atoms with Crippen LogP contribution in [0.3, 0.4) is 0 Å².